The minimum atomic E-state index is -0.812. The molecule has 0 unspecified atom stereocenters. The van der Waals surface area contributed by atoms with Crippen LogP contribution in [0.15, 0.2) is 39.7 Å². The van der Waals surface area contributed by atoms with Gasteiger partial charge in [0.2, 0.25) is 11.8 Å². The first-order chi connectivity index (χ1) is 10.7. The van der Waals surface area contributed by atoms with E-state index in [2.05, 4.69) is 25.8 Å². The summed E-state index contributed by atoms with van der Waals surface area (Å²) in [5.74, 6) is -0.255. The number of halogens is 2. The number of rotatable bonds is 3. The molecule has 22 heavy (non-hydrogen) atoms. The maximum Gasteiger partial charge on any atom is 0.291 e. The molecular formula is C16H17BrFN3O. The summed E-state index contributed by atoms with van der Waals surface area (Å²) in [6, 6.07) is 7.64. The van der Waals surface area contributed by atoms with Gasteiger partial charge in [-0.2, -0.15) is 4.39 Å². The second kappa shape index (κ2) is 6.60. The van der Waals surface area contributed by atoms with Crippen molar-refractivity contribution >= 4 is 21.9 Å². The molecule has 0 N–H and O–H groups in total. The van der Waals surface area contributed by atoms with E-state index in [0.717, 1.165) is 42.2 Å². The van der Waals surface area contributed by atoms with Crippen LogP contribution < -0.4 is 10.5 Å². The lowest BCUT2D eigenvalue weighted by Crippen LogP contribution is -2.37. The Bertz CT molecular complexity index is 726. The molecule has 0 radical (unpaired) electrons. The fraction of sp³-hybridized carbons (Fsp3) is 0.375. The van der Waals surface area contributed by atoms with Gasteiger partial charge in [0, 0.05) is 17.6 Å². The predicted octanol–water partition coefficient (Wildman–Crippen LogP) is 3.18. The number of benzene rings is 1. The zero-order valence-electron chi connectivity index (χ0n) is 12.1. The Kier molecular flexibility index (Phi) is 4.57. The van der Waals surface area contributed by atoms with E-state index in [-0.39, 0.29) is 0 Å². The average Bonchev–Trinajstić information content (AvgIpc) is 2.55. The third-order valence-corrected chi connectivity index (χ3v) is 4.68. The van der Waals surface area contributed by atoms with E-state index in [0.29, 0.717) is 12.5 Å². The van der Waals surface area contributed by atoms with Gasteiger partial charge in [0.05, 0.1) is 12.7 Å². The van der Waals surface area contributed by atoms with Crippen LogP contribution >= 0.6 is 15.9 Å². The fourth-order valence-electron chi connectivity index (χ4n) is 2.74. The minimum absolute atomic E-state index is 0.302. The van der Waals surface area contributed by atoms with E-state index in [1.165, 1.54) is 11.0 Å². The minimum Gasteiger partial charge on any atom is -0.342 e. The molecule has 0 saturated carbocycles. The van der Waals surface area contributed by atoms with E-state index in [1.807, 2.05) is 24.3 Å². The smallest absolute Gasteiger partial charge is 0.291 e. The van der Waals surface area contributed by atoms with Gasteiger partial charge in [-0.15, -0.1) is 0 Å². The second-order valence-electron chi connectivity index (χ2n) is 5.44. The van der Waals surface area contributed by atoms with Crippen LogP contribution in [0.5, 0.6) is 0 Å². The molecule has 0 aliphatic carbocycles. The molecule has 3 rings (SSSR count). The quantitative estimate of drug-likeness (QED) is 0.838. The molecule has 0 bridgehead atoms. The molecule has 0 spiro atoms. The summed E-state index contributed by atoms with van der Waals surface area (Å²) in [4.78, 5) is 18.5. The first-order valence-electron chi connectivity index (χ1n) is 7.40. The fourth-order valence-corrected chi connectivity index (χ4v) is 3.15. The lowest BCUT2D eigenvalue weighted by molar-refractivity contribution is 0.529. The zero-order valence-corrected chi connectivity index (χ0v) is 13.7. The lowest BCUT2D eigenvalue weighted by atomic mass is 10.1. The van der Waals surface area contributed by atoms with Crippen LogP contribution in [0.25, 0.3) is 0 Å². The Morgan fingerprint density at radius 3 is 2.64 bits per heavy atom. The van der Waals surface area contributed by atoms with E-state index in [9.17, 15) is 9.18 Å². The largest absolute Gasteiger partial charge is 0.342 e. The van der Waals surface area contributed by atoms with Crippen LogP contribution in [-0.4, -0.2) is 22.6 Å². The van der Waals surface area contributed by atoms with E-state index < -0.39 is 11.4 Å². The van der Waals surface area contributed by atoms with Crippen LogP contribution in [0, 0.1) is 5.82 Å². The Labute approximate surface area is 136 Å². The van der Waals surface area contributed by atoms with Gasteiger partial charge in [0.1, 0.15) is 0 Å². The molecule has 1 aliphatic heterocycles. The van der Waals surface area contributed by atoms with Gasteiger partial charge >= 0.3 is 0 Å². The number of aromatic nitrogens is 2. The van der Waals surface area contributed by atoms with Crippen molar-refractivity contribution in [3.8, 4) is 0 Å². The molecule has 1 aromatic carbocycles. The van der Waals surface area contributed by atoms with Crippen LogP contribution in [0.2, 0.25) is 0 Å². The Morgan fingerprint density at radius 1 is 1.18 bits per heavy atom. The van der Waals surface area contributed by atoms with Gasteiger partial charge in [-0.3, -0.25) is 9.36 Å². The van der Waals surface area contributed by atoms with Crippen LogP contribution in [0.1, 0.15) is 24.8 Å². The van der Waals surface area contributed by atoms with Crippen molar-refractivity contribution in [2.24, 2.45) is 0 Å². The summed E-state index contributed by atoms with van der Waals surface area (Å²) >= 11 is 3.47. The standard InChI is InChI=1S/C16H17BrFN3O/c17-13-7-3-2-6-12(13)11-21-15(22)14(18)10-19-16(21)20-8-4-1-5-9-20/h2-3,6-7,10H,1,4-5,8-9,11H2. The summed E-state index contributed by atoms with van der Waals surface area (Å²) < 4.78 is 16.0. The molecule has 1 aliphatic rings. The topological polar surface area (TPSA) is 38.1 Å². The lowest BCUT2D eigenvalue weighted by Gasteiger charge is -2.29. The third-order valence-electron chi connectivity index (χ3n) is 3.91. The van der Waals surface area contributed by atoms with E-state index in [1.54, 1.807) is 0 Å². The van der Waals surface area contributed by atoms with Crippen LogP contribution in [-0.2, 0) is 6.54 Å². The van der Waals surface area contributed by atoms with Crippen molar-refractivity contribution in [1.29, 1.82) is 0 Å². The van der Waals surface area contributed by atoms with Gasteiger partial charge in [0.25, 0.3) is 5.56 Å². The van der Waals surface area contributed by atoms with Crippen LogP contribution in [0.3, 0.4) is 0 Å². The molecule has 6 heteroatoms. The molecule has 1 fully saturated rings. The van der Waals surface area contributed by atoms with Gasteiger partial charge in [-0.25, -0.2) is 4.98 Å². The summed E-state index contributed by atoms with van der Waals surface area (Å²) in [5, 5.41) is 0. The first-order valence-corrected chi connectivity index (χ1v) is 8.20. The average molecular weight is 366 g/mol. The number of anilines is 1. The summed E-state index contributed by atoms with van der Waals surface area (Å²) in [6.07, 6.45) is 4.36. The van der Waals surface area contributed by atoms with Crippen LogP contribution in [0.4, 0.5) is 10.3 Å². The summed E-state index contributed by atoms with van der Waals surface area (Å²) in [7, 11) is 0. The Balaban J connectivity index is 2.02. The van der Waals surface area contributed by atoms with Crippen molar-refractivity contribution in [3.63, 3.8) is 0 Å². The monoisotopic (exact) mass is 365 g/mol. The molecule has 0 atom stereocenters. The van der Waals surface area contributed by atoms with Gasteiger partial charge < -0.3 is 4.90 Å². The number of nitrogens with zero attached hydrogens (tertiary/aromatic N) is 3. The highest BCUT2D eigenvalue weighted by atomic mass is 79.9. The summed E-state index contributed by atoms with van der Waals surface area (Å²) in [5.41, 5.74) is 0.307. The van der Waals surface area contributed by atoms with Crippen molar-refractivity contribution < 1.29 is 4.39 Å². The van der Waals surface area contributed by atoms with Crippen molar-refractivity contribution in [2.75, 3.05) is 18.0 Å². The highest BCUT2D eigenvalue weighted by molar-refractivity contribution is 9.10. The zero-order chi connectivity index (χ0) is 15.5. The molecule has 116 valence electrons. The van der Waals surface area contributed by atoms with Gasteiger partial charge in [-0.1, -0.05) is 34.1 Å². The number of hydrogen-bond acceptors (Lipinski definition) is 3. The molecule has 0 amide bonds. The second-order valence-corrected chi connectivity index (χ2v) is 6.29. The highest BCUT2D eigenvalue weighted by Gasteiger charge is 2.19. The van der Waals surface area contributed by atoms with Crippen molar-refractivity contribution in [2.45, 2.75) is 25.8 Å². The third kappa shape index (κ3) is 3.06. The van der Waals surface area contributed by atoms with Gasteiger partial charge in [-0.05, 0) is 30.9 Å². The molecule has 1 saturated heterocycles. The predicted molar refractivity (Wildman–Crippen MR) is 87.8 cm³/mol. The molecular weight excluding hydrogens is 349 g/mol. The Morgan fingerprint density at radius 2 is 1.91 bits per heavy atom. The number of hydrogen-bond donors (Lipinski definition) is 0. The molecule has 4 nitrogen and oxygen atoms in total. The maximum absolute atomic E-state index is 13.7. The Hall–Kier alpha value is -1.69. The summed E-state index contributed by atoms with van der Waals surface area (Å²) in [6.45, 7) is 2.01. The maximum atomic E-state index is 13.7. The van der Waals surface area contributed by atoms with E-state index >= 15 is 0 Å². The SMILES string of the molecule is O=c1c(F)cnc(N2CCCCC2)n1Cc1ccccc1Br. The molecule has 2 aromatic rings. The normalized spacial score (nSPS) is 15.1. The van der Waals surface area contributed by atoms with Crippen molar-refractivity contribution in [3.05, 3.63) is 56.7 Å². The molecule has 2 heterocycles. The number of piperidine rings is 1. The molecule has 1 aromatic heterocycles. The van der Waals surface area contributed by atoms with Gasteiger partial charge in [0.15, 0.2) is 0 Å². The van der Waals surface area contributed by atoms with Crippen molar-refractivity contribution in [1.82, 2.24) is 9.55 Å². The first kappa shape index (κ1) is 15.2. The highest BCUT2D eigenvalue weighted by Crippen LogP contribution is 2.21. The van der Waals surface area contributed by atoms with E-state index in [4.69, 9.17) is 0 Å².